The number of aromatic nitrogens is 3. The van der Waals surface area contributed by atoms with E-state index in [-0.39, 0.29) is 17.7 Å². The molecule has 21 heavy (non-hydrogen) atoms. The molecule has 112 valence electrons. The molecule has 0 aromatic carbocycles. The minimum atomic E-state index is -4.54. The molecule has 1 fully saturated rings. The van der Waals surface area contributed by atoms with Gasteiger partial charge in [0.05, 0.1) is 11.7 Å². The maximum atomic E-state index is 13.1. The third-order valence-electron chi connectivity index (χ3n) is 3.51. The zero-order valence-electron chi connectivity index (χ0n) is 11.1. The lowest BCUT2D eigenvalue weighted by atomic mass is 9.88. The Morgan fingerprint density at radius 2 is 2.14 bits per heavy atom. The first-order chi connectivity index (χ1) is 9.86. The Bertz CT molecular complexity index is 690. The first kappa shape index (κ1) is 13.8. The van der Waals surface area contributed by atoms with Gasteiger partial charge in [0.25, 0.3) is 0 Å². The van der Waals surface area contributed by atoms with Crippen molar-refractivity contribution < 1.29 is 22.7 Å². The molecular weight excluding hydrogens is 287 g/mol. The van der Waals surface area contributed by atoms with Crippen LogP contribution in [-0.4, -0.2) is 26.6 Å². The lowest BCUT2D eigenvalue weighted by molar-refractivity contribution is -0.157. The minimum absolute atomic E-state index is 0.209. The summed E-state index contributed by atoms with van der Waals surface area (Å²) in [7, 11) is 0. The van der Waals surface area contributed by atoms with Gasteiger partial charge < -0.3 is 9.30 Å². The molecule has 5 nitrogen and oxygen atoms in total. The monoisotopic (exact) mass is 299 g/mol. The SMILES string of the molecule is CC(=O)OC1CC(n2c(C(F)(F)F)nc3cnccc32)C1. The molecule has 0 unspecified atom stereocenters. The Hall–Kier alpha value is -2.12. The summed E-state index contributed by atoms with van der Waals surface area (Å²) in [5.74, 6) is -1.36. The van der Waals surface area contributed by atoms with Crippen molar-refractivity contribution in [3.8, 4) is 0 Å². The Labute approximate surface area is 117 Å². The largest absolute Gasteiger partial charge is 0.462 e. The van der Waals surface area contributed by atoms with Gasteiger partial charge in [0.1, 0.15) is 11.6 Å². The van der Waals surface area contributed by atoms with Gasteiger partial charge in [0.15, 0.2) is 0 Å². The predicted octanol–water partition coefficient (Wildman–Crippen LogP) is 2.72. The summed E-state index contributed by atoms with van der Waals surface area (Å²) in [4.78, 5) is 18.3. The first-order valence-corrected chi connectivity index (χ1v) is 6.42. The number of carbonyl (C=O) groups excluding carboxylic acids is 1. The molecule has 0 spiro atoms. The molecule has 0 amide bonds. The number of carbonyl (C=O) groups is 1. The van der Waals surface area contributed by atoms with Gasteiger partial charge in [-0.2, -0.15) is 13.2 Å². The van der Waals surface area contributed by atoms with E-state index in [9.17, 15) is 18.0 Å². The van der Waals surface area contributed by atoms with E-state index in [2.05, 4.69) is 9.97 Å². The predicted molar refractivity (Wildman–Crippen MR) is 66.4 cm³/mol. The smallest absolute Gasteiger partial charge is 0.449 e. The molecule has 2 aromatic rings. The number of hydrogen-bond donors (Lipinski definition) is 0. The van der Waals surface area contributed by atoms with E-state index in [1.807, 2.05) is 0 Å². The van der Waals surface area contributed by atoms with Gasteiger partial charge in [0, 0.05) is 32.0 Å². The summed E-state index contributed by atoms with van der Waals surface area (Å²) in [5, 5.41) is 0. The zero-order chi connectivity index (χ0) is 15.2. The van der Waals surface area contributed by atoms with Gasteiger partial charge >= 0.3 is 12.1 Å². The van der Waals surface area contributed by atoms with Crippen molar-refractivity contribution >= 4 is 17.0 Å². The van der Waals surface area contributed by atoms with E-state index >= 15 is 0 Å². The summed E-state index contributed by atoms with van der Waals surface area (Å²) in [5.41, 5.74) is 0.601. The van der Waals surface area contributed by atoms with Crippen LogP contribution in [0.1, 0.15) is 31.6 Å². The average molecular weight is 299 g/mol. The highest BCUT2D eigenvalue weighted by Gasteiger charge is 2.43. The summed E-state index contributed by atoms with van der Waals surface area (Å²) in [6, 6.07) is 1.13. The van der Waals surface area contributed by atoms with Crippen LogP contribution in [0, 0.1) is 0 Å². The molecule has 3 rings (SSSR count). The minimum Gasteiger partial charge on any atom is -0.462 e. The van der Waals surface area contributed by atoms with Crippen LogP contribution in [0.15, 0.2) is 18.5 Å². The quantitative estimate of drug-likeness (QED) is 0.800. The van der Waals surface area contributed by atoms with Gasteiger partial charge in [-0.25, -0.2) is 4.98 Å². The van der Waals surface area contributed by atoms with Crippen LogP contribution < -0.4 is 0 Å². The van der Waals surface area contributed by atoms with Crippen LogP contribution >= 0.6 is 0 Å². The molecular formula is C13H12F3N3O2. The second kappa shape index (κ2) is 4.71. The van der Waals surface area contributed by atoms with E-state index in [1.54, 1.807) is 0 Å². The molecule has 0 atom stereocenters. The Balaban J connectivity index is 1.96. The number of esters is 1. The Morgan fingerprint density at radius 1 is 1.43 bits per heavy atom. The molecule has 1 saturated carbocycles. The molecule has 2 aromatic heterocycles. The van der Waals surface area contributed by atoms with Gasteiger partial charge in [-0.3, -0.25) is 9.78 Å². The zero-order valence-corrected chi connectivity index (χ0v) is 11.1. The van der Waals surface area contributed by atoms with Crippen LogP contribution in [0.25, 0.3) is 11.0 Å². The summed E-state index contributed by atoms with van der Waals surface area (Å²) in [6.45, 7) is 1.28. The third-order valence-corrected chi connectivity index (χ3v) is 3.51. The standard InChI is InChI=1S/C13H12F3N3O2/c1-7(20)21-9-4-8(5-9)19-11-2-3-17-6-10(11)18-12(19)13(14,15)16/h2-3,6,8-9H,4-5H2,1H3. The van der Waals surface area contributed by atoms with Crippen molar-refractivity contribution in [2.45, 2.75) is 38.1 Å². The number of alkyl halides is 3. The van der Waals surface area contributed by atoms with Gasteiger partial charge in [-0.1, -0.05) is 0 Å². The van der Waals surface area contributed by atoms with E-state index in [4.69, 9.17) is 4.74 Å². The molecule has 0 N–H and O–H groups in total. The third kappa shape index (κ3) is 2.45. The summed E-state index contributed by atoms with van der Waals surface area (Å²) < 4.78 is 45.5. The highest BCUT2D eigenvalue weighted by molar-refractivity contribution is 5.75. The van der Waals surface area contributed by atoms with E-state index < -0.39 is 18.0 Å². The fourth-order valence-electron chi connectivity index (χ4n) is 2.60. The van der Waals surface area contributed by atoms with Crippen LogP contribution in [0.3, 0.4) is 0 Å². The van der Waals surface area contributed by atoms with Gasteiger partial charge in [-0.15, -0.1) is 0 Å². The second-order valence-corrected chi connectivity index (χ2v) is 5.02. The fourth-order valence-corrected chi connectivity index (χ4v) is 2.60. The number of fused-ring (bicyclic) bond motifs is 1. The normalized spacial score (nSPS) is 22.1. The lowest BCUT2D eigenvalue weighted by Crippen LogP contribution is -2.36. The van der Waals surface area contributed by atoms with Crippen LogP contribution in [0.5, 0.6) is 0 Å². The molecule has 0 bridgehead atoms. The van der Waals surface area contributed by atoms with E-state index in [1.165, 1.54) is 30.0 Å². The first-order valence-electron chi connectivity index (χ1n) is 6.42. The second-order valence-electron chi connectivity index (χ2n) is 5.02. The number of pyridine rings is 1. The van der Waals surface area contributed by atoms with E-state index in [0.717, 1.165) is 0 Å². The van der Waals surface area contributed by atoms with Crippen LogP contribution in [0.2, 0.25) is 0 Å². The Kier molecular flexibility index (Phi) is 3.11. The van der Waals surface area contributed by atoms with Crippen molar-refractivity contribution in [2.24, 2.45) is 0 Å². The van der Waals surface area contributed by atoms with Gasteiger partial charge in [0.2, 0.25) is 5.82 Å². The number of ether oxygens (including phenoxy) is 1. The molecule has 8 heteroatoms. The van der Waals surface area contributed by atoms with Crippen molar-refractivity contribution in [2.75, 3.05) is 0 Å². The van der Waals surface area contributed by atoms with Crippen LogP contribution in [-0.2, 0) is 15.7 Å². The highest BCUT2D eigenvalue weighted by Crippen LogP contribution is 2.41. The molecule has 1 aliphatic rings. The molecule has 0 saturated heterocycles. The van der Waals surface area contributed by atoms with E-state index in [0.29, 0.717) is 18.4 Å². The molecule has 2 heterocycles. The topological polar surface area (TPSA) is 57.0 Å². The average Bonchev–Trinajstić information content (AvgIpc) is 2.72. The van der Waals surface area contributed by atoms with Crippen molar-refractivity contribution in [1.82, 2.24) is 14.5 Å². The highest BCUT2D eigenvalue weighted by atomic mass is 19.4. The number of rotatable bonds is 2. The fraction of sp³-hybridized carbons (Fsp3) is 0.462. The maximum absolute atomic E-state index is 13.1. The van der Waals surface area contributed by atoms with Gasteiger partial charge in [-0.05, 0) is 6.07 Å². The lowest BCUT2D eigenvalue weighted by Gasteiger charge is -2.36. The number of nitrogens with zero attached hydrogens (tertiary/aromatic N) is 3. The Morgan fingerprint density at radius 3 is 2.76 bits per heavy atom. The van der Waals surface area contributed by atoms with Crippen molar-refractivity contribution in [1.29, 1.82) is 0 Å². The molecule has 1 aliphatic carbocycles. The number of imidazole rings is 1. The number of halogens is 3. The van der Waals surface area contributed by atoms with Crippen LogP contribution in [0.4, 0.5) is 13.2 Å². The summed E-state index contributed by atoms with van der Waals surface area (Å²) in [6.07, 6.45) is -1.40. The maximum Gasteiger partial charge on any atom is 0.449 e. The molecule has 0 radical (unpaired) electrons. The summed E-state index contributed by atoms with van der Waals surface area (Å²) >= 11 is 0. The van der Waals surface area contributed by atoms with Crippen molar-refractivity contribution in [3.63, 3.8) is 0 Å². The number of hydrogen-bond acceptors (Lipinski definition) is 4. The van der Waals surface area contributed by atoms with Crippen molar-refractivity contribution in [3.05, 3.63) is 24.3 Å². The molecule has 0 aliphatic heterocycles.